The Morgan fingerprint density at radius 3 is 1.50 bits per heavy atom. The fourth-order valence-corrected chi connectivity index (χ4v) is 8.92. The number of amides is 2. The Labute approximate surface area is 347 Å². The van der Waals surface area contributed by atoms with Gasteiger partial charge in [0.1, 0.15) is 0 Å². The Balaban J connectivity index is 1.26. The molecule has 1 aliphatic rings. The van der Waals surface area contributed by atoms with Gasteiger partial charge in [-0.15, -0.1) is 0 Å². The number of hydrogen-bond donors (Lipinski definition) is 0. The second kappa shape index (κ2) is 14.3. The lowest BCUT2D eigenvalue weighted by molar-refractivity contribution is 0.0926. The molecule has 10 rings (SSSR count). The number of imide groups is 1. The van der Waals surface area contributed by atoms with E-state index in [4.69, 9.17) is 0 Å². The minimum absolute atomic E-state index is 0.310. The number of para-hydroxylation sites is 2. The maximum Gasteiger partial charge on any atom is 0.268 e. The van der Waals surface area contributed by atoms with E-state index in [0.29, 0.717) is 33.6 Å². The predicted molar refractivity (Wildman–Crippen MR) is 239 cm³/mol. The molecule has 2 heterocycles. The SMILES string of the molecule is Cc1cc(C#N)ccc1-c1cccc2c3cccc(-c4ccc(C#N)cc4C)c3n(-c3cccc4c3C(=O)N(c3ccc(-c5ccccc5)cc3-c3ccccc3)C4=O)c12. The van der Waals surface area contributed by atoms with E-state index in [0.717, 1.165) is 77.4 Å². The van der Waals surface area contributed by atoms with E-state index < -0.39 is 11.8 Å². The summed E-state index contributed by atoms with van der Waals surface area (Å²) in [5, 5.41) is 21.4. The van der Waals surface area contributed by atoms with Crippen molar-refractivity contribution in [3.05, 3.63) is 203 Å². The van der Waals surface area contributed by atoms with E-state index in [-0.39, 0.29) is 0 Å². The van der Waals surface area contributed by atoms with Crippen LogP contribution in [0.2, 0.25) is 0 Å². The molecule has 6 heteroatoms. The van der Waals surface area contributed by atoms with Crippen molar-refractivity contribution in [1.29, 1.82) is 10.5 Å². The normalized spacial score (nSPS) is 12.2. The molecule has 0 N–H and O–H groups in total. The number of nitrogens with zero attached hydrogens (tertiary/aromatic N) is 4. The first-order chi connectivity index (χ1) is 29.4. The van der Waals surface area contributed by atoms with Crippen LogP contribution in [-0.4, -0.2) is 16.4 Å². The van der Waals surface area contributed by atoms with Gasteiger partial charge in [0.25, 0.3) is 11.8 Å². The van der Waals surface area contributed by atoms with Gasteiger partial charge in [0.15, 0.2) is 0 Å². The first-order valence-corrected chi connectivity index (χ1v) is 19.7. The summed E-state index contributed by atoms with van der Waals surface area (Å²) >= 11 is 0. The van der Waals surface area contributed by atoms with Crippen LogP contribution >= 0.6 is 0 Å². The molecule has 0 saturated carbocycles. The van der Waals surface area contributed by atoms with Crippen molar-refractivity contribution >= 4 is 39.3 Å². The topological polar surface area (TPSA) is 89.9 Å². The van der Waals surface area contributed by atoms with Gasteiger partial charge >= 0.3 is 0 Å². The average Bonchev–Trinajstić information content (AvgIpc) is 3.77. The molecule has 8 aromatic carbocycles. The van der Waals surface area contributed by atoms with Crippen LogP contribution in [0.3, 0.4) is 0 Å². The number of carbonyl (C=O) groups excluding carboxylic acids is 2. The van der Waals surface area contributed by atoms with Crippen molar-refractivity contribution in [1.82, 2.24) is 4.57 Å². The van der Waals surface area contributed by atoms with E-state index >= 15 is 4.79 Å². The van der Waals surface area contributed by atoms with Gasteiger partial charge in [-0.3, -0.25) is 9.59 Å². The Morgan fingerprint density at radius 2 is 0.950 bits per heavy atom. The van der Waals surface area contributed by atoms with Crippen LogP contribution in [-0.2, 0) is 0 Å². The third-order valence-corrected chi connectivity index (χ3v) is 11.7. The number of nitriles is 2. The maximum absolute atomic E-state index is 15.3. The number of aromatic nitrogens is 1. The molecule has 6 nitrogen and oxygen atoms in total. The third kappa shape index (κ3) is 5.62. The highest BCUT2D eigenvalue weighted by molar-refractivity contribution is 6.36. The van der Waals surface area contributed by atoms with E-state index in [9.17, 15) is 15.3 Å². The van der Waals surface area contributed by atoms with Gasteiger partial charge in [-0.05, 0) is 101 Å². The summed E-state index contributed by atoms with van der Waals surface area (Å²) in [7, 11) is 0. The number of hydrogen-bond acceptors (Lipinski definition) is 4. The van der Waals surface area contributed by atoms with Crippen LogP contribution in [0.4, 0.5) is 5.69 Å². The summed E-state index contributed by atoms with van der Waals surface area (Å²) in [4.78, 5) is 31.5. The molecule has 0 bridgehead atoms. The Kier molecular flexibility index (Phi) is 8.56. The second-order valence-corrected chi connectivity index (χ2v) is 15.1. The molecule has 60 heavy (non-hydrogen) atoms. The Morgan fingerprint density at radius 1 is 0.417 bits per heavy atom. The fraction of sp³-hybridized carbons (Fsp3) is 0.0370. The minimum Gasteiger partial charge on any atom is -0.307 e. The molecular formula is C54H34N4O2. The zero-order valence-corrected chi connectivity index (χ0v) is 32.8. The maximum atomic E-state index is 15.3. The highest BCUT2D eigenvalue weighted by Gasteiger charge is 2.41. The summed E-state index contributed by atoms with van der Waals surface area (Å²) in [6, 6.07) is 59.6. The summed E-state index contributed by atoms with van der Waals surface area (Å²) in [5.41, 5.74) is 13.8. The van der Waals surface area contributed by atoms with Crippen LogP contribution in [0.15, 0.2) is 170 Å². The summed E-state index contributed by atoms with van der Waals surface area (Å²) in [6.45, 7) is 4.00. The van der Waals surface area contributed by atoms with E-state index in [1.54, 1.807) is 6.07 Å². The van der Waals surface area contributed by atoms with Crippen LogP contribution in [0.25, 0.3) is 72.0 Å². The monoisotopic (exact) mass is 770 g/mol. The summed E-state index contributed by atoms with van der Waals surface area (Å²) in [6.07, 6.45) is 0. The van der Waals surface area contributed by atoms with Crippen LogP contribution in [0, 0.1) is 36.5 Å². The number of benzene rings is 8. The summed E-state index contributed by atoms with van der Waals surface area (Å²) in [5.74, 6) is -0.808. The number of carbonyl (C=O) groups is 2. The predicted octanol–water partition coefficient (Wildman–Crippen LogP) is 12.6. The Bertz CT molecular complexity index is 3230. The van der Waals surface area contributed by atoms with Crippen molar-refractivity contribution in [3.8, 4) is 62.3 Å². The van der Waals surface area contributed by atoms with Gasteiger partial charge in [0.05, 0.1) is 56.8 Å². The number of fused-ring (bicyclic) bond motifs is 4. The highest BCUT2D eigenvalue weighted by atomic mass is 16.2. The number of rotatable bonds is 6. The smallest absolute Gasteiger partial charge is 0.268 e. The lowest BCUT2D eigenvalue weighted by atomic mass is 9.95. The van der Waals surface area contributed by atoms with Crippen LogP contribution in [0.1, 0.15) is 43.0 Å². The van der Waals surface area contributed by atoms with Crippen molar-refractivity contribution < 1.29 is 9.59 Å². The number of anilines is 1. The van der Waals surface area contributed by atoms with E-state index in [2.05, 4.69) is 47.0 Å². The lowest BCUT2D eigenvalue weighted by Crippen LogP contribution is -2.30. The summed E-state index contributed by atoms with van der Waals surface area (Å²) < 4.78 is 2.15. The zero-order chi connectivity index (χ0) is 41.1. The molecule has 0 saturated heterocycles. The van der Waals surface area contributed by atoms with Gasteiger partial charge in [0.2, 0.25) is 0 Å². The highest BCUT2D eigenvalue weighted by Crippen LogP contribution is 2.46. The molecular weight excluding hydrogens is 737 g/mol. The van der Waals surface area contributed by atoms with Crippen molar-refractivity contribution in [2.75, 3.05) is 4.90 Å². The standard InChI is InChI=1S/C54H34N4O2/c1-33-28-35(31-55)22-25-40(33)42-16-9-18-44-45-19-10-17-43(41-26-23-36(32-56)29-34(41)2)52(45)57(51(42)44)49-21-11-20-46-50(49)54(60)58(53(46)59)48-27-24-39(37-12-5-3-6-13-37)30-47(48)38-14-7-4-8-15-38/h3-30H,1-2H3. The molecule has 9 aromatic rings. The average molecular weight is 771 g/mol. The largest absolute Gasteiger partial charge is 0.307 e. The fourth-order valence-electron chi connectivity index (χ4n) is 8.92. The van der Waals surface area contributed by atoms with Gasteiger partial charge in [-0.2, -0.15) is 10.5 Å². The van der Waals surface area contributed by atoms with Crippen molar-refractivity contribution in [2.24, 2.45) is 0 Å². The Hall–Kier alpha value is -8.32. The molecule has 0 atom stereocenters. The first-order valence-electron chi connectivity index (χ1n) is 19.7. The van der Waals surface area contributed by atoms with Gasteiger partial charge < -0.3 is 4.57 Å². The number of aryl methyl sites for hydroxylation is 2. The first kappa shape index (κ1) is 36.0. The molecule has 0 radical (unpaired) electrons. The minimum atomic E-state index is -0.413. The van der Waals surface area contributed by atoms with Crippen molar-refractivity contribution in [2.45, 2.75) is 13.8 Å². The van der Waals surface area contributed by atoms with Gasteiger partial charge in [0, 0.05) is 27.5 Å². The van der Waals surface area contributed by atoms with Crippen LogP contribution < -0.4 is 4.90 Å². The molecule has 0 fully saturated rings. The molecule has 0 spiro atoms. The van der Waals surface area contributed by atoms with E-state index in [1.807, 2.05) is 147 Å². The molecule has 1 aliphatic heterocycles. The zero-order valence-electron chi connectivity index (χ0n) is 32.8. The molecule has 282 valence electrons. The quantitative estimate of drug-likeness (QED) is 0.157. The molecule has 1 aromatic heterocycles. The van der Waals surface area contributed by atoms with Gasteiger partial charge in [-0.1, -0.05) is 121 Å². The lowest BCUT2D eigenvalue weighted by Gasteiger charge is -2.20. The molecule has 0 unspecified atom stereocenters. The van der Waals surface area contributed by atoms with Crippen LogP contribution in [0.5, 0.6) is 0 Å². The molecule has 0 aliphatic carbocycles. The van der Waals surface area contributed by atoms with Gasteiger partial charge in [-0.25, -0.2) is 4.90 Å². The molecule has 2 amide bonds. The second-order valence-electron chi connectivity index (χ2n) is 15.1. The van der Waals surface area contributed by atoms with E-state index in [1.165, 1.54) is 4.90 Å². The third-order valence-electron chi connectivity index (χ3n) is 11.7. The van der Waals surface area contributed by atoms with Crippen molar-refractivity contribution in [3.63, 3.8) is 0 Å².